The van der Waals surface area contributed by atoms with Gasteiger partial charge in [0.05, 0.1) is 94.0 Å². The number of unbranched alkanes of at least 4 members (excludes halogenated alkanes) is 1. The highest BCUT2D eigenvalue weighted by Crippen LogP contribution is 2.40. The quantitative estimate of drug-likeness (QED) is 0.0111. The summed E-state index contributed by atoms with van der Waals surface area (Å²) < 4.78 is 91.7. The first-order valence-electron chi connectivity index (χ1n) is 46.3. The molecule has 718 valence electrons. The van der Waals surface area contributed by atoms with Gasteiger partial charge in [-0.1, -0.05) is 94.5 Å². The number of ether oxygens (including phenoxy) is 9. The summed E-state index contributed by atoms with van der Waals surface area (Å²) in [6.07, 6.45) is 19.6. The minimum absolute atomic E-state index is 0.0184. The Balaban J connectivity index is 0.554. The molecule has 7 N–H and O–H groups in total. The molecule has 2 aromatic carbocycles. The number of hydrogen-bond acceptors (Lipinski definition) is 31. The zero-order valence-corrected chi connectivity index (χ0v) is 78.5. The van der Waals surface area contributed by atoms with Crippen molar-refractivity contribution in [2.45, 2.75) is 225 Å². The smallest absolute Gasteiger partial charge is 0.329 e. The number of benzene rings is 2. The molecule has 5 aliphatic rings. The second kappa shape index (κ2) is 48.2. The number of fused-ring (bicyclic) bond motifs is 5. The number of aliphatic hydroxyl groups excluding tert-OH is 1. The number of aliphatic hydroxyl groups is 2. The number of piperidine rings is 1. The van der Waals surface area contributed by atoms with Gasteiger partial charge >= 0.3 is 5.97 Å². The molecule has 37 heteroatoms. The van der Waals surface area contributed by atoms with Gasteiger partial charge in [0.25, 0.3) is 17.7 Å². The number of rotatable bonds is 33. The predicted octanol–water partition coefficient (Wildman–Crippen LogP) is 9.30. The molecular weight excluding hydrogens is 1720 g/mol. The van der Waals surface area contributed by atoms with Crippen molar-refractivity contribution < 1.29 is 94.4 Å². The van der Waals surface area contributed by atoms with E-state index in [0.717, 1.165) is 40.7 Å². The molecule has 36 nitrogen and oxygen atoms in total. The molecule has 4 aliphatic heterocycles. The van der Waals surface area contributed by atoms with E-state index in [1.54, 1.807) is 75.1 Å². The van der Waals surface area contributed by atoms with Gasteiger partial charge in [-0.3, -0.25) is 24.0 Å². The van der Waals surface area contributed by atoms with Gasteiger partial charge in [-0.2, -0.15) is 14.4 Å². The van der Waals surface area contributed by atoms with Gasteiger partial charge in [0.2, 0.25) is 27.7 Å². The van der Waals surface area contributed by atoms with Crippen LogP contribution < -0.4 is 21.7 Å². The van der Waals surface area contributed by atoms with Crippen LogP contribution in [0.25, 0.3) is 44.5 Å². The summed E-state index contributed by atoms with van der Waals surface area (Å²) in [5.41, 5.74) is 19.6. The van der Waals surface area contributed by atoms with E-state index in [9.17, 15) is 47.4 Å². The highest BCUT2D eigenvalue weighted by Gasteiger charge is 2.53. The van der Waals surface area contributed by atoms with Crippen LogP contribution in [-0.4, -0.2) is 273 Å². The largest absolute Gasteiger partial charge is 0.460 e. The summed E-state index contributed by atoms with van der Waals surface area (Å²) in [6, 6.07) is 12.3. The highest BCUT2D eigenvalue weighted by atomic mass is 32.2. The van der Waals surface area contributed by atoms with Crippen LogP contribution in [0, 0.1) is 35.5 Å². The van der Waals surface area contributed by atoms with Crippen molar-refractivity contribution in [2.24, 2.45) is 35.5 Å². The van der Waals surface area contributed by atoms with Gasteiger partial charge in [-0.05, 0) is 155 Å². The lowest BCUT2D eigenvalue weighted by Gasteiger charge is -2.42. The number of cyclic esters (lactones) is 1. The lowest BCUT2D eigenvalue weighted by atomic mass is 9.78. The Bertz CT molecular complexity index is 5270. The van der Waals surface area contributed by atoms with Gasteiger partial charge < -0.3 is 83.8 Å². The van der Waals surface area contributed by atoms with E-state index in [0.29, 0.717) is 174 Å². The number of nitrogens with two attached hydrogens (primary N) is 2. The molecule has 2 bridgehead atoms. The number of methoxy groups -OCH3 is 3. The molecule has 3 saturated heterocycles. The van der Waals surface area contributed by atoms with E-state index >= 15 is 0 Å². The maximum atomic E-state index is 14.9. The number of anilines is 3. The number of carbonyl (C=O) groups is 6. The molecule has 1 aliphatic carbocycles. The van der Waals surface area contributed by atoms with Crippen LogP contribution in [0.4, 0.5) is 17.8 Å². The van der Waals surface area contributed by atoms with Crippen LogP contribution in [0.15, 0.2) is 119 Å². The molecule has 15 atom stereocenters. The van der Waals surface area contributed by atoms with Crippen LogP contribution in [0.3, 0.4) is 0 Å². The van der Waals surface area contributed by atoms with Crippen molar-refractivity contribution in [1.29, 1.82) is 0 Å². The van der Waals surface area contributed by atoms with Crippen LogP contribution in [0.2, 0.25) is 0 Å². The van der Waals surface area contributed by atoms with Crippen LogP contribution in [-0.2, 0) is 108 Å². The first-order valence-corrected chi connectivity index (χ1v) is 47.9. The summed E-state index contributed by atoms with van der Waals surface area (Å²) in [5.74, 6) is -7.90. The van der Waals surface area contributed by atoms with Gasteiger partial charge in [-0.25, -0.2) is 42.5 Å². The number of hydrogen-bond donors (Lipinski definition) is 5. The third-order valence-corrected chi connectivity index (χ3v) is 27.8. The molecule has 2 amide bonds. The van der Waals surface area contributed by atoms with Crippen molar-refractivity contribution in [3.05, 3.63) is 126 Å². The Hall–Kier alpha value is -10.0. The number of aromatic nitrogens is 10. The van der Waals surface area contributed by atoms with Gasteiger partial charge in [-0.15, -0.1) is 5.10 Å². The molecule has 7 aromatic rings. The minimum atomic E-state index is -3.63. The van der Waals surface area contributed by atoms with Crippen molar-refractivity contribution in [2.75, 3.05) is 122 Å². The predicted molar refractivity (Wildman–Crippen MR) is 493 cm³/mol. The van der Waals surface area contributed by atoms with E-state index in [1.165, 1.54) is 22.6 Å². The average Bonchev–Trinajstić information content (AvgIpc) is 1.61. The Labute approximate surface area is 771 Å². The Morgan fingerprint density at radius 1 is 0.773 bits per heavy atom. The number of ketones is 3. The fourth-order valence-electron chi connectivity index (χ4n) is 18.1. The molecule has 1 unspecified atom stereocenters. The van der Waals surface area contributed by atoms with E-state index in [2.05, 4.69) is 30.6 Å². The van der Waals surface area contributed by atoms with E-state index in [1.807, 2.05) is 99.4 Å². The second-order valence-electron chi connectivity index (χ2n) is 35.7. The van der Waals surface area contributed by atoms with E-state index in [-0.39, 0.29) is 118 Å². The molecular formula is C95H132N16O20S. The van der Waals surface area contributed by atoms with Gasteiger partial charge in [0, 0.05) is 140 Å². The molecule has 0 radical (unpaired) electrons. The highest BCUT2D eigenvalue weighted by molar-refractivity contribution is 7.89. The summed E-state index contributed by atoms with van der Waals surface area (Å²) in [5, 5.41) is 40.7. The number of nitrogen functional groups attached to an aromatic ring is 2. The zero-order chi connectivity index (χ0) is 94.2. The number of sulfonamides is 1. The van der Waals surface area contributed by atoms with Gasteiger partial charge in [0.15, 0.2) is 17.0 Å². The standard InChI is InChI=1S/C95H132N16O20S/c1-60-19-12-11-13-20-61(2)79(122-8)53-73-27-24-66(7)95(119,131-73)88(116)91(117)110-33-16-14-23-75(110)92(118)129-80(54-76(112)62(3)48-65(6)86(115)87(124-10)85(114)64(5)47-60)63(4)49-67-25-28-78(81(51-67)123-9)128-58-68-21-18-22-69(50-68)71-55-99-94(100-56-71)107-35-37-109(38-36-107)132(120,121)46-31-72-57-108(106-104-72)39-41-126-43-45-127-44-42-125-40-30-82(113)98-32-15-17-34-111-90-83(89(96)101-59-102-90)84(105-111)70-26-29-77-74(52-70)103-93(97)130-77/h11-13,18-22,26,29,48,50,52,55-57,59-60,62-64,66-67,73,75,78-81,86-87,115,119H,14-17,23-25,27-28,30-47,49,51,53-54,58H2,1-10H3,(H2,97,103)(H,98,113)(H2,96,101,102)/b13-11+,19-12+,61-20+,65-48+/t60-,62-,63-,64-,66-,67+,73+,75+,78-,79+,80?,81-,86-,87+,95-/m1/s1. The number of aryl methyl sites for hydroxylation is 2. The third kappa shape index (κ3) is 27.0. The van der Waals surface area contributed by atoms with E-state index in [4.69, 9.17) is 73.6 Å². The summed E-state index contributed by atoms with van der Waals surface area (Å²) in [6.45, 7) is 17.7. The number of esters is 1. The molecule has 9 heterocycles. The van der Waals surface area contributed by atoms with Crippen molar-refractivity contribution in [1.82, 2.24) is 64.2 Å². The monoisotopic (exact) mass is 1850 g/mol. The number of allylic oxidation sites excluding steroid dienone is 6. The summed E-state index contributed by atoms with van der Waals surface area (Å²) in [4.78, 5) is 111. The topological polar surface area (TPSA) is 460 Å². The maximum absolute atomic E-state index is 14.9. The SMILES string of the molecule is CO[C@H]1C[C@@H]2CC[C@@H](C)[C@@](O)(O2)C(=O)C(=O)N2CCCC[C@H]2C(=O)OC([C@H](C)C[C@@H]2CC[C@@H](OCc3cccc(-c4cnc(N5CCN(S(=O)(=O)CCc6cn(CCOCCOCCOCCC(=O)NCCCCn7nc(-c8ccc9oc(N)nc9c8)c8c(N)ncnc87)nn6)CC5)nc4)c3)[C@H](OC)C2)CC(=O)[C@H](C)/C=C(\C)[C@@H](O)[C@@H](OC)C(=O)[C@H](C)C[C@H](C)/C=C/C=C/C=C/1C. The number of oxazole rings is 1. The Morgan fingerprint density at radius 2 is 1.54 bits per heavy atom. The zero-order valence-electron chi connectivity index (χ0n) is 77.6. The second-order valence-corrected chi connectivity index (χ2v) is 37.8. The number of Topliss-reactive ketones (excluding diaryl/α,β-unsaturated/α-hetero) is 3. The van der Waals surface area contributed by atoms with E-state index < -0.39 is 93.7 Å². The Morgan fingerprint density at radius 3 is 2.30 bits per heavy atom. The minimum Gasteiger partial charge on any atom is -0.460 e. The first-order chi connectivity index (χ1) is 63.5. The number of carbonyl (C=O) groups excluding carboxylic acids is 6. The van der Waals surface area contributed by atoms with Crippen molar-refractivity contribution in [3.8, 4) is 22.4 Å². The molecule has 0 spiro atoms. The fourth-order valence-corrected chi connectivity index (χ4v) is 19.6. The molecule has 4 fully saturated rings. The third-order valence-electron chi connectivity index (χ3n) is 26.0. The Kier molecular flexibility index (Phi) is 36.9. The molecule has 5 aromatic heterocycles. The molecule has 1 saturated carbocycles. The van der Waals surface area contributed by atoms with Gasteiger partial charge in [0.1, 0.15) is 53.5 Å². The van der Waals surface area contributed by atoms with Crippen LogP contribution in [0.1, 0.15) is 156 Å². The first kappa shape index (κ1) is 101. The number of amides is 2. The lowest BCUT2D eigenvalue weighted by molar-refractivity contribution is -0.265. The van der Waals surface area contributed by atoms with Crippen molar-refractivity contribution in [3.63, 3.8) is 0 Å². The van der Waals surface area contributed by atoms with Crippen molar-refractivity contribution >= 4 is 85.1 Å². The summed E-state index contributed by atoms with van der Waals surface area (Å²) in [7, 11) is 0.980. The fraction of sp³-hybridized carbons (Fsp3) is 0.600. The average molecular weight is 1850 g/mol. The molecule has 12 rings (SSSR count). The molecule has 132 heavy (non-hydrogen) atoms. The maximum Gasteiger partial charge on any atom is 0.329 e. The number of nitrogens with one attached hydrogen (secondary N) is 1. The lowest BCUT2D eigenvalue weighted by Crippen LogP contribution is -2.61. The van der Waals surface area contributed by atoms with Crippen LogP contribution in [0.5, 0.6) is 0 Å². The normalized spacial score (nSPS) is 26.9. The summed E-state index contributed by atoms with van der Waals surface area (Å²) >= 11 is 0. The number of nitrogens with zero attached hydrogens (tertiary/aromatic N) is 13. The number of piperazine rings is 1. The van der Waals surface area contributed by atoms with Crippen LogP contribution >= 0.6 is 0 Å².